The normalized spacial score (nSPS) is 19.8. The Hall–Kier alpha value is -1.81. The number of carbonyl (C=O) groups excluding carboxylic acids is 1. The molecular weight excluding hydrogens is 515 g/mol. The van der Waals surface area contributed by atoms with Crippen molar-refractivity contribution in [3.05, 3.63) is 42.0 Å². The predicted octanol–water partition coefficient (Wildman–Crippen LogP) is 2.39. The van der Waals surface area contributed by atoms with E-state index in [1.807, 2.05) is 11.9 Å². The third kappa shape index (κ3) is 6.60. The number of halogens is 1. The molecule has 32 heavy (non-hydrogen) atoms. The summed E-state index contributed by atoms with van der Waals surface area (Å²) in [7, 11) is 1.85. The van der Waals surface area contributed by atoms with Crippen molar-refractivity contribution in [3.63, 3.8) is 0 Å². The summed E-state index contributed by atoms with van der Waals surface area (Å²) < 4.78 is 0. The molecule has 7 nitrogen and oxygen atoms in total. The van der Waals surface area contributed by atoms with Gasteiger partial charge in [0.1, 0.15) is 0 Å². The van der Waals surface area contributed by atoms with E-state index in [-0.39, 0.29) is 24.0 Å². The predicted molar refractivity (Wildman–Crippen MR) is 142 cm³/mol. The number of nitrogens with one attached hydrogen (secondary N) is 1. The molecule has 1 aromatic carbocycles. The number of aliphatic imine (C=N–C) groups is 1. The maximum absolute atomic E-state index is 12.5. The summed E-state index contributed by atoms with van der Waals surface area (Å²) in [6.07, 6.45) is 7.99. The van der Waals surface area contributed by atoms with Crippen LogP contribution in [-0.2, 0) is 11.3 Å². The number of nitrogens with zero attached hydrogens (tertiary/aromatic N) is 5. The zero-order valence-corrected chi connectivity index (χ0v) is 21.5. The van der Waals surface area contributed by atoms with E-state index in [0.717, 1.165) is 77.7 Å². The van der Waals surface area contributed by atoms with Crippen molar-refractivity contribution in [2.45, 2.75) is 25.8 Å². The SMILES string of the molecule is CN=C(NCc1cccc(N2CC=CC2)c1)N1CCN(CC(=O)N2CCCCC2)CC1.I. The van der Waals surface area contributed by atoms with Gasteiger partial charge in [0.2, 0.25) is 5.91 Å². The van der Waals surface area contributed by atoms with Crippen molar-refractivity contribution < 1.29 is 4.79 Å². The fraction of sp³-hybridized carbons (Fsp3) is 0.583. The quantitative estimate of drug-likeness (QED) is 0.263. The van der Waals surface area contributed by atoms with Gasteiger partial charge in [0.05, 0.1) is 6.54 Å². The second-order valence-electron chi connectivity index (χ2n) is 8.65. The lowest BCUT2D eigenvalue weighted by Crippen LogP contribution is -2.54. The third-order valence-electron chi connectivity index (χ3n) is 6.50. The zero-order valence-electron chi connectivity index (χ0n) is 19.2. The average Bonchev–Trinajstić information content (AvgIpc) is 3.36. The van der Waals surface area contributed by atoms with Crippen LogP contribution in [0.2, 0.25) is 0 Å². The minimum atomic E-state index is 0. The molecule has 3 aliphatic heterocycles. The van der Waals surface area contributed by atoms with Gasteiger partial charge in [-0.25, -0.2) is 0 Å². The summed E-state index contributed by atoms with van der Waals surface area (Å²) in [5, 5.41) is 3.53. The van der Waals surface area contributed by atoms with Crippen LogP contribution in [0.4, 0.5) is 5.69 Å². The highest BCUT2D eigenvalue weighted by Crippen LogP contribution is 2.18. The summed E-state index contributed by atoms with van der Waals surface area (Å²) in [5.41, 5.74) is 2.53. The summed E-state index contributed by atoms with van der Waals surface area (Å²) in [4.78, 5) is 26.0. The number of rotatable bonds is 5. The van der Waals surface area contributed by atoms with Crippen LogP contribution in [0.5, 0.6) is 0 Å². The molecule has 0 unspecified atom stereocenters. The maximum atomic E-state index is 12.5. The fourth-order valence-electron chi connectivity index (χ4n) is 4.62. The van der Waals surface area contributed by atoms with Gasteiger partial charge in [-0.05, 0) is 37.0 Å². The smallest absolute Gasteiger partial charge is 0.236 e. The Kier molecular flexibility index (Phi) is 9.65. The highest BCUT2D eigenvalue weighted by Gasteiger charge is 2.24. The lowest BCUT2D eigenvalue weighted by Gasteiger charge is -2.37. The van der Waals surface area contributed by atoms with E-state index in [9.17, 15) is 4.79 Å². The first-order valence-corrected chi connectivity index (χ1v) is 11.7. The number of carbonyl (C=O) groups is 1. The Morgan fingerprint density at radius 1 is 0.969 bits per heavy atom. The van der Waals surface area contributed by atoms with Gasteiger partial charge < -0.3 is 20.0 Å². The number of anilines is 1. The van der Waals surface area contributed by atoms with E-state index in [1.165, 1.54) is 17.7 Å². The molecule has 3 aliphatic rings. The maximum Gasteiger partial charge on any atom is 0.236 e. The number of hydrogen-bond donors (Lipinski definition) is 1. The van der Waals surface area contributed by atoms with Crippen molar-refractivity contribution in [3.8, 4) is 0 Å². The van der Waals surface area contributed by atoms with E-state index < -0.39 is 0 Å². The number of guanidine groups is 1. The number of likely N-dealkylation sites (tertiary alicyclic amines) is 1. The van der Waals surface area contributed by atoms with Crippen LogP contribution < -0.4 is 10.2 Å². The lowest BCUT2D eigenvalue weighted by atomic mass is 10.1. The Bertz CT molecular complexity index is 791. The van der Waals surface area contributed by atoms with Crippen molar-refractivity contribution in [2.75, 3.05) is 70.9 Å². The number of hydrogen-bond acceptors (Lipinski definition) is 4. The summed E-state index contributed by atoms with van der Waals surface area (Å²) >= 11 is 0. The number of amides is 1. The molecule has 0 atom stereocenters. The first-order chi connectivity index (χ1) is 15.2. The van der Waals surface area contributed by atoms with E-state index >= 15 is 0 Å². The van der Waals surface area contributed by atoms with Gasteiger partial charge in [-0.1, -0.05) is 24.3 Å². The first-order valence-electron chi connectivity index (χ1n) is 11.7. The van der Waals surface area contributed by atoms with Gasteiger partial charge in [-0.15, -0.1) is 24.0 Å². The molecule has 0 bridgehead atoms. The van der Waals surface area contributed by atoms with Crippen molar-refractivity contribution in [1.29, 1.82) is 0 Å². The van der Waals surface area contributed by atoms with E-state index in [2.05, 4.69) is 61.4 Å². The zero-order chi connectivity index (χ0) is 21.5. The van der Waals surface area contributed by atoms with E-state index in [1.54, 1.807) is 0 Å². The van der Waals surface area contributed by atoms with Crippen LogP contribution in [-0.4, -0.2) is 92.5 Å². The highest BCUT2D eigenvalue weighted by atomic mass is 127. The van der Waals surface area contributed by atoms with Gasteiger partial charge in [0.15, 0.2) is 5.96 Å². The molecular formula is C24H37IN6O. The second-order valence-corrected chi connectivity index (χ2v) is 8.65. The second kappa shape index (κ2) is 12.4. The molecule has 1 aromatic rings. The molecule has 3 heterocycles. The minimum absolute atomic E-state index is 0. The molecule has 8 heteroatoms. The number of piperazine rings is 1. The van der Waals surface area contributed by atoms with Gasteiger partial charge in [-0.3, -0.25) is 14.7 Å². The fourth-order valence-corrected chi connectivity index (χ4v) is 4.62. The van der Waals surface area contributed by atoms with Crippen LogP contribution in [0.3, 0.4) is 0 Å². The largest absolute Gasteiger partial charge is 0.364 e. The lowest BCUT2D eigenvalue weighted by molar-refractivity contribution is -0.133. The Balaban J connectivity index is 0.00000289. The highest BCUT2D eigenvalue weighted by molar-refractivity contribution is 14.0. The molecule has 2 fully saturated rings. The molecule has 1 amide bonds. The van der Waals surface area contributed by atoms with Gasteiger partial charge >= 0.3 is 0 Å². The van der Waals surface area contributed by atoms with Crippen molar-refractivity contribution in [1.82, 2.24) is 20.0 Å². The van der Waals surface area contributed by atoms with Gasteiger partial charge in [0.25, 0.3) is 0 Å². The van der Waals surface area contributed by atoms with Crippen LogP contribution in [0, 0.1) is 0 Å². The van der Waals surface area contributed by atoms with Crippen LogP contribution in [0.25, 0.3) is 0 Å². The summed E-state index contributed by atoms with van der Waals surface area (Å²) in [6.45, 7) is 8.75. The molecule has 176 valence electrons. The molecule has 4 rings (SSSR count). The molecule has 0 radical (unpaired) electrons. The third-order valence-corrected chi connectivity index (χ3v) is 6.50. The molecule has 0 saturated carbocycles. The molecule has 1 N–H and O–H groups in total. The van der Waals surface area contributed by atoms with Crippen LogP contribution in [0.15, 0.2) is 41.4 Å². The summed E-state index contributed by atoms with van der Waals surface area (Å²) in [5.74, 6) is 1.24. The van der Waals surface area contributed by atoms with E-state index in [4.69, 9.17) is 0 Å². The molecule has 0 aliphatic carbocycles. The topological polar surface area (TPSA) is 54.4 Å². The monoisotopic (exact) mass is 552 g/mol. The average molecular weight is 553 g/mol. The summed E-state index contributed by atoms with van der Waals surface area (Å²) in [6, 6.07) is 8.73. The van der Waals surface area contributed by atoms with Gasteiger partial charge in [-0.2, -0.15) is 0 Å². The molecule has 2 saturated heterocycles. The first kappa shape index (κ1) is 24.8. The van der Waals surface area contributed by atoms with Crippen LogP contribution >= 0.6 is 24.0 Å². The Labute approximate surface area is 209 Å². The standard InChI is InChI=1S/C24H36N6O.HI/c1-25-24(26-19-21-8-7-9-22(18-21)28-10-5-6-11-28)30-16-14-27(15-17-30)20-23(31)29-12-3-2-4-13-29;/h5-9,18H,2-4,10-17,19-20H2,1H3,(H,25,26);1H. The van der Waals surface area contributed by atoms with Crippen molar-refractivity contribution >= 4 is 41.5 Å². The number of benzene rings is 1. The van der Waals surface area contributed by atoms with Crippen LogP contribution in [0.1, 0.15) is 24.8 Å². The minimum Gasteiger partial charge on any atom is -0.364 e. The van der Waals surface area contributed by atoms with E-state index in [0.29, 0.717) is 12.5 Å². The Morgan fingerprint density at radius 3 is 2.38 bits per heavy atom. The molecule has 0 spiro atoms. The number of piperidine rings is 1. The Morgan fingerprint density at radius 2 is 1.69 bits per heavy atom. The van der Waals surface area contributed by atoms with Gasteiger partial charge in [0, 0.05) is 71.6 Å². The van der Waals surface area contributed by atoms with Crippen molar-refractivity contribution in [2.24, 2.45) is 4.99 Å². The molecule has 0 aromatic heterocycles.